The standard InChI is InChI=1S/C18H19Cl2N3O/c1-12(2)14-5-3-13(4-6-14)10-22-23-18(24)11-21-15-7-8-16(19)17(20)9-15/h3-10,12,21H,11H2,1-2H3,(H,23,24)/b22-10-. The molecule has 0 atom stereocenters. The van der Waals surface area contributed by atoms with Gasteiger partial charge in [-0.2, -0.15) is 5.10 Å². The maximum Gasteiger partial charge on any atom is 0.259 e. The van der Waals surface area contributed by atoms with E-state index in [0.29, 0.717) is 21.7 Å². The number of benzene rings is 2. The van der Waals surface area contributed by atoms with Crippen LogP contribution in [0.15, 0.2) is 47.6 Å². The van der Waals surface area contributed by atoms with Crippen LogP contribution in [0, 0.1) is 0 Å². The van der Waals surface area contributed by atoms with Gasteiger partial charge in [-0.05, 0) is 35.2 Å². The predicted molar refractivity (Wildman–Crippen MR) is 101 cm³/mol. The number of nitrogens with one attached hydrogen (secondary N) is 2. The molecule has 2 N–H and O–H groups in total. The van der Waals surface area contributed by atoms with Crippen LogP contribution in [-0.2, 0) is 4.79 Å². The molecule has 2 rings (SSSR count). The fourth-order valence-electron chi connectivity index (χ4n) is 1.97. The largest absolute Gasteiger partial charge is 0.376 e. The molecule has 0 heterocycles. The van der Waals surface area contributed by atoms with Crippen molar-refractivity contribution in [3.8, 4) is 0 Å². The molecule has 0 aromatic heterocycles. The molecule has 0 bridgehead atoms. The van der Waals surface area contributed by atoms with Crippen LogP contribution < -0.4 is 10.7 Å². The summed E-state index contributed by atoms with van der Waals surface area (Å²) in [7, 11) is 0. The molecule has 0 unspecified atom stereocenters. The molecule has 1 amide bonds. The molecule has 2 aromatic rings. The summed E-state index contributed by atoms with van der Waals surface area (Å²) in [5, 5.41) is 7.81. The highest BCUT2D eigenvalue weighted by Gasteiger charge is 2.02. The van der Waals surface area contributed by atoms with E-state index in [1.807, 2.05) is 12.1 Å². The van der Waals surface area contributed by atoms with Crippen LogP contribution in [0.4, 0.5) is 5.69 Å². The zero-order valence-corrected chi connectivity index (χ0v) is 15.0. The normalized spacial score (nSPS) is 11.0. The zero-order valence-electron chi connectivity index (χ0n) is 13.5. The Bertz CT molecular complexity index is 728. The fourth-order valence-corrected chi connectivity index (χ4v) is 2.27. The fraction of sp³-hybridized carbons (Fsp3) is 0.222. The summed E-state index contributed by atoms with van der Waals surface area (Å²) in [4.78, 5) is 11.8. The molecule has 6 heteroatoms. The number of rotatable bonds is 6. The van der Waals surface area contributed by atoms with Gasteiger partial charge in [0.05, 0.1) is 22.8 Å². The van der Waals surface area contributed by atoms with E-state index in [2.05, 4.69) is 41.8 Å². The van der Waals surface area contributed by atoms with Gasteiger partial charge in [0, 0.05) is 5.69 Å². The smallest absolute Gasteiger partial charge is 0.259 e. The number of hydrogen-bond donors (Lipinski definition) is 2. The quantitative estimate of drug-likeness (QED) is 0.578. The number of anilines is 1. The SMILES string of the molecule is CC(C)c1ccc(/C=N\NC(=O)CNc2ccc(Cl)c(Cl)c2)cc1. The van der Waals surface area contributed by atoms with Crippen molar-refractivity contribution in [3.63, 3.8) is 0 Å². The van der Waals surface area contributed by atoms with Crippen molar-refractivity contribution in [2.45, 2.75) is 19.8 Å². The molecule has 0 aliphatic heterocycles. The van der Waals surface area contributed by atoms with Gasteiger partial charge in [0.2, 0.25) is 0 Å². The Hall–Kier alpha value is -2.04. The van der Waals surface area contributed by atoms with Crippen LogP contribution >= 0.6 is 23.2 Å². The topological polar surface area (TPSA) is 53.5 Å². The summed E-state index contributed by atoms with van der Waals surface area (Å²) in [6, 6.07) is 13.1. The first kappa shape index (κ1) is 18.3. The third-order valence-electron chi connectivity index (χ3n) is 3.38. The maximum absolute atomic E-state index is 11.8. The van der Waals surface area contributed by atoms with E-state index in [1.165, 1.54) is 5.56 Å². The lowest BCUT2D eigenvalue weighted by Crippen LogP contribution is -2.25. The Morgan fingerprint density at radius 1 is 1.12 bits per heavy atom. The van der Waals surface area contributed by atoms with Crippen molar-refractivity contribution < 1.29 is 4.79 Å². The second kappa shape index (κ2) is 8.71. The Morgan fingerprint density at radius 3 is 2.46 bits per heavy atom. The van der Waals surface area contributed by atoms with Gasteiger partial charge in [-0.1, -0.05) is 61.3 Å². The molecule has 24 heavy (non-hydrogen) atoms. The molecule has 0 aliphatic rings. The van der Waals surface area contributed by atoms with Gasteiger partial charge in [-0.15, -0.1) is 0 Å². The molecule has 0 saturated heterocycles. The van der Waals surface area contributed by atoms with Crippen LogP contribution in [0.2, 0.25) is 10.0 Å². The Kier molecular flexibility index (Phi) is 6.64. The first-order valence-corrected chi connectivity index (χ1v) is 8.32. The second-order valence-electron chi connectivity index (χ2n) is 5.60. The number of carbonyl (C=O) groups is 1. The van der Waals surface area contributed by atoms with Gasteiger partial charge in [0.15, 0.2) is 0 Å². The van der Waals surface area contributed by atoms with Crippen molar-refractivity contribution in [2.75, 3.05) is 11.9 Å². The maximum atomic E-state index is 11.8. The average molecular weight is 364 g/mol. The highest BCUT2D eigenvalue weighted by molar-refractivity contribution is 6.42. The summed E-state index contributed by atoms with van der Waals surface area (Å²) in [5.74, 6) is 0.235. The van der Waals surface area contributed by atoms with Gasteiger partial charge >= 0.3 is 0 Å². The number of hydrogen-bond acceptors (Lipinski definition) is 3. The molecule has 0 fully saturated rings. The van der Waals surface area contributed by atoms with Crippen molar-refractivity contribution in [2.24, 2.45) is 5.10 Å². The minimum atomic E-state index is -0.254. The van der Waals surface area contributed by atoms with Crippen LogP contribution in [-0.4, -0.2) is 18.7 Å². The first-order chi connectivity index (χ1) is 11.5. The predicted octanol–water partition coefficient (Wildman–Crippen LogP) is 4.68. The number of amides is 1. The van der Waals surface area contributed by atoms with E-state index >= 15 is 0 Å². The lowest BCUT2D eigenvalue weighted by Gasteiger charge is -2.06. The molecule has 4 nitrogen and oxygen atoms in total. The molecular weight excluding hydrogens is 345 g/mol. The molecule has 2 aromatic carbocycles. The molecule has 0 spiro atoms. The van der Waals surface area contributed by atoms with E-state index in [1.54, 1.807) is 24.4 Å². The van der Waals surface area contributed by atoms with Gasteiger partial charge in [0.25, 0.3) is 5.91 Å². The van der Waals surface area contributed by atoms with E-state index in [-0.39, 0.29) is 12.5 Å². The van der Waals surface area contributed by atoms with E-state index in [9.17, 15) is 4.79 Å². The molecule has 126 valence electrons. The van der Waals surface area contributed by atoms with Crippen LogP contribution in [0.25, 0.3) is 0 Å². The van der Waals surface area contributed by atoms with E-state index in [4.69, 9.17) is 23.2 Å². The number of nitrogens with zero attached hydrogens (tertiary/aromatic N) is 1. The minimum absolute atomic E-state index is 0.0849. The van der Waals surface area contributed by atoms with Gasteiger partial charge in [-0.25, -0.2) is 5.43 Å². The second-order valence-corrected chi connectivity index (χ2v) is 6.41. The van der Waals surface area contributed by atoms with E-state index in [0.717, 1.165) is 5.56 Å². The van der Waals surface area contributed by atoms with Crippen molar-refractivity contribution in [1.29, 1.82) is 0 Å². The van der Waals surface area contributed by atoms with Crippen molar-refractivity contribution in [3.05, 3.63) is 63.6 Å². The van der Waals surface area contributed by atoms with Gasteiger partial charge in [-0.3, -0.25) is 4.79 Å². The summed E-state index contributed by atoms with van der Waals surface area (Å²) in [6.45, 7) is 4.37. The van der Waals surface area contributed by atoms with Crippen LogP contribution in [0.5, 0.6) is 0 Å². The highest BCUT2D eigenvalue weighted by atomic mass is 35.5. The number of hydrazone groups is 1. The number of carbonyl (C=O) groups excluding carboxylic acids is 1. The summed E-state index contributed by atoms with van der Waals surface area (Å²) < 4.78 is 0. The van der Waals surface area contributed by atoms with Crippen molar-refractivity contribution >= 4 is 41.0 Å². The molecular formula is C18H19Cl2N3O. The monoisotopic (exact) mass is 363 g/mol. The Labute approximate surface area is 151 Å². The minimum Gasteiger partial charge on any atom is -0.376 e. The zero-order chi connectivity index (χ0) is 17.5. The third-order valence-corrected chi connectivity index (χ3v) is 4.12. The van der Waals surface area contributed by atoms with E-state index < -0.39 is 0 Å². The van der Waals surface area contributed by atoms with Crippen LogP contribution in [0.3, 0.4) is 0 Å². The number of halogens is 2. The summed E-state index contributed by atoms with van der Waals surface area (Å²) in [5.41, 5.74) is 5.38. The molecule has 0 radical (unpaired) electrons. The first-order valence-electron chi connectivity index (χ1n) is 7.56. The third kappa shape index (κ3) is 5.55. The lowest BCUT2D eigenvalue weighted by atomic mass is 10.0. The van der Waals surface area contributed by atoms with Crippen molar-refractivity contribution in [1.82, 2.24) is 5.43 Å². The summed E-state index contributed by atoms with van der Waals surface area (Å²) >= 11 is 11.8. The Balaban J connectivity index is 1.80. The Morgan fingerprint density at radius 2 is 1.83 bits per heavy atom. The average Bonchev–Trinajstić information content (AvgIpc) is 2.56. The summed E-state index contributed by atoms with van der Waals surface area (Å²) in [6.07, 6.45) is 1.61. The lowest BCUT2D eigenvalue weighted by molar-refractivity contribution is -0.119. The van der Waals surface area contributed by atoms with Gasteiger partial charge in [0.1, 0.15) is 0 Å². The molecule has 0 saturated carbocycles. The van der Waals surface area contributed by atoms with Crippen LogP contribution in [0.1, 0.15) is 30.9 Å². The van der Waals surface area contributed by atoms with Gasteiger partial charge < -0.3 is 5.32 Å². The molecule has 0 aliphatic carbocycles. The highest BCUT2D eigenvalue weighted by Crippen LogP contribution is 2.24.